The number of rotatable bonds is 5. The molecule has 0 atom stereocenters. The summed E-state index contributed by atoms with van der Waals surface area (Å²) in [4.78, 5) is 0. The molecule has 2 aliphatic carbocycles. The Morgan fingerprint density at radius 1 is 0.944 bits per heavy atom. The van der Waals surface area contributed by atoms with Gasteiger partial charge in [0.05, 0.1) is 12.7 Å². The SMILES string of the molecule is C=CCO[C@H]1CC[C@H](C2CCC(CC)CC2)CC1. The Hall–Kier alpha value is -0.300. The van der Waals surface area contributed by atoms with Crippen LogP contribution in [0.25, 0.3) is 0 Å². The normalized spacial score (nSPS) is 37.4. The molecule has 1 nitrogen and oxygen atoms in total. The molecule has 0 radical (unpaired) electrons. The molecular formula is C17H30O. The number of ether oxygens (including phenoxy) is 1. The van der Waals surface area contributed by atoms with Gasteiger partial charge in [0, 0.05) is 0 Å². The third kappa shape index (κ3) is 3.85. The Balaban J connectivity index is 1.68. The van der Waals surface area contributed by atoms with Crippen LogP contribution in [0.3, 0.4) is 0 Å². The molecule has 2 saturated carbocycles. The van der Waals surface area contributed by atoms with Crippen molar-refractivity contribution in [2.75, 3.05) is 6.61 Å². The van der Waals surface area contributed by atoms with Crippen LogP contribution >= 0.6 is 0 Å². The van der Waals surface area contributed by atoms with Gasteiger partial charge in [0.1, 0.15) is 0 Å². The smallest absolute Gasteiger partial charge is 0.0648 e. The quantitative estimate of drug-likeness (QED) is 0.626. The van der Waals surface area contributed by atoms with E-state index in [2.05, 4.69) is 13.5 Å². The molecule has 2 rings (SSSR count). The zero-order valence-corrected chi connectivity index (χ0v) is 12.1. The van der Waals surface area contributed by atoms with Crippen LogP contribution in [0.4, 0.5) is 0 Å². The van der Waals surface area contributed by atoms with Crippen molar-refractivity contribution in [1.29, 1.82) is 0 Å². The van der Waals surface area contributed by atoms with Crippen molar-refractivity contribution in [1.82, 2.24) is 0 Å². The van der Waals surface area contributed by atoms with Crippen LogP contribution in [0.2, 0.25) is 0 Å². The highest BCUT2D eigenvalue weighted by molar-refractivity contribution is 4.82. The van der Waals surface area contributed by atoms with Gasteiger partial charge < -0.3 is 4.74 Å². The van der Waals surface area contributed by atoms with E-state index >= 15 is 0 Å². The zero-order valence-electron chi connectivity index (χ0n) is 12.1. The summed E-state index contributed by atoms with van der Waals surface area (Å²) in [5.74, 6) is 3.08. The topological polar surface area (TPSA) is 9.23 Å². The summed E-state index contributed by atoms with van der Waals surface area (Å²) in [5, 5.41) is 0. The van der Waals surface area contributed by atoms with Gasteiger partial charge in [0.25, 0.3) is 0 Å². The minimum absolute atomic E-state index is 0.520. The first-order valence-corrected chi connectivity index (χ1v) is 8.06. The lowest BCUT2D eigenvalue weighted by Gasteiger charge is -2.37. The Bertz CT molecular complexity index is 232. The maximum absolute atomic E-state index is 5.78. The molecule has 0 aromatic rings. The van der Waals surface area contributed by atoms with Gasteiger partial charge in [0.2, 0.25) is 0 Å². The standard InChI is InChI=1S/C17H30O/c1-3-13-18-17-11-9-16(10-12-17)15-7-5-14(4-2)6-8-15/h3,14-17H,1,4-13H2,2H3/t14?,15?,16-,17-. The molecule has 0 unspecified atom stereocenters. The average molecular weight is 250 g/mol. The Kier molecular flexibility index (Phi) is 5.75. The predicted molar refractivity (Wildman–Crippen MR) is 77.6 cm³/mol. The lowest BCUT2D eigenvalue weighted by molar-refractivity contribution is 0.0212. The summed E-state index contributed by atoms with van der Waals surface area (Å²) < 4.78 is 5.78. The maximum Gasteiger partial charge on any atom is 0.0648 e. The summed E-state index contributed by atoms with van der Waals surface area (Å²) >= 11 is 0. The first kappa shape index (κ1) is 14.1. The minimum atomic E-state index is 0.520. The molecule has 0 amide bonds. The van der Waals surface area contributed by atoms with E-state index in [1.54, 1.807) is 0 Å². The van der Waals surface area contributed by atoms with Crippen LogP contribution in [0.1, 0.15) is 64.7 Å². The molecule has 0 aromatic heterocycles. The summed E-state index contributed by atoms with van der Waals surface area (Å²) in [6.45, 7) is 6.81. The van der Waals surface area contributed by atoms with E-state index in [9.17, 15) is 0 Å². The van der Waals surface area contributed by atoms with Gasteiger partial charge >= 0.3 is 0 Å². The predicted octanol–water partition coefficient (Wildman–Crippen LogP) is 4.96. The monoisotopic (exact) mass is 250 g/mol. The van der Waals surface area contributed by atoms with Gasteiger partial charge in [-0.05, 0) is 56.3 Å². The highest BCUT2D eigenvalue weighted by atomic mass is 16.5. The molecule has 2 fully saturated rings. The van der Waals surface area contributed by atoms with Crippen LogP contribution in [-0.4, -0.2) is 12.7 Å². The second kappa shape index (κ2) is 7.33. The lowest BCUT2D eigenvalue weighted by atomic mass is 9.70. The fourth-order valence-corrected chi connectivity index (χ4v) is 4.00. The van der Waals surface area contributed by atoms with Gasteiger partial charge in [-0.1, -0.05) is 32.3 Å². The Morgan fingerprint density at radius 3 is 2.00 bits per heavy atom. The summed E-state index contributed by atoms with van der Waals surface area (Å²) in [6.07, 6.45) is 15.2. The van der Waals surface area contributed by atoms with Crippen molar-refractivity contribution < 1.29 is 4.74 Å². The van der Waals surface area contributed by atoms with Gasteiger partial charge in [-0.3, -0.25) is 0 Å². The zero-order chi connectivity index (χ0) is 12.8. The lowest BCUT2D eigenvalue weighted by Crippen LogP contribution is -2.28. The minimum Gasteiger partial charge on any atom is -0.374 e. The molecule has 0 N–H and O–H groups in total. The van der Waals surface area contributed by atoms with Crippen LogP contribution in [0, 0.1) is 17.8 Å². The van der Waals surface area contributed by atoms with Crippen molar-refractivity contribution in [2.24, 2.45) is 17.8 Å². The number of hydrogen-bond acceptors (Lipinski definition) is 1. The molecule has 18 heavy (non-hydrogen) atoms. The molecule has 0 saturated heterocycles. The third-order valence-electron chi connectivity index (χ3n) is 5.30. The molecule has 0 aliphatic heterocycles. The second-order valence-electron chi connectivity index (χ2n) is 6.35. The molecule has 2 aliphatic rings. The van der Waals surface area contributed by atoms with Crippen molar-refractivity contribution in [3.8, 4) is 0 Å². The largest absolute Gasteiger partial charge is 0.374 e. The van der Waals surface area contributed by atoms with Crippen molar-refractivity contribution in [3.63, 3.8) is 0 Å². The van der Waals surface area contributed by atoms with Crippen molar-refractivity contribution in [3.05, 3.63) is 12.7 Å². The van der Waals surface area contributed by atoms with E-state index in [1.165, 1.54) is 57.8 Å². The summed E-state index contributed by atoms with van der Waals surface area (Å²) in [6, 6.07) is 0. The van der Waals surface area contributed by atoms with Crippen LogP contribution < -0.4 is 0 Å². The van der Waals surface area contributed by atoms with E-state index in [0.717, 1.165) is 24.4 Å². The van der Waals surface area contributed by atoms with Gasteiger partial charge in [-0.25, -0.2) is 0 Å². The van der Waals surface area contributed by atoms with Crippen molar-refractivity contribution >= 4 is 0 Å². The third-order valence-corrected chi connectivity index (χ3v) is 5.30. The van der Waals surface area contributed by atoms with Crippen molar-refractivity contribution in [2.45, 2.75) is 70.8 Å². The average Bonchev–Trinajstić information content (AvgIpc) is 2.46. The first-order valence-electron chi connectivity index (χ1n) is 8.06. The second-order valence-corrected chi connectivity index (χ2v) is 6.35. The number of hydrogen-bond donors (Lipinski definition) is 0. The van der Waals surface area contributed by atoms with E-state index in [0.29, 0.717) is 6.10 Å². The molecule has 0 bridgehead atoms. The molecule has 0 spiro atoms. The summed E-state index contributed by atoms with van der Waals surface area (Å²) in [7, 11) is 0. The molecular weight excluding hydrogens is 220 g/mol. The fraction of sp³-hybridized carbons (Fsp3) is 0.882. The van der Waals surface area contributed by atoms with Crippen LogP contribution in [0.5, 0.6) is 0 Å². The maximum atomic E-state index is 5.78. The molecule has 104 valence electrons. The van der Waals surface area contributed by atoms with Crippen LogP contribution in [0.15, 0.2) is 12.7 Å². The summed E-state index contributed by atoms with van der Waals surface area (Å²) in [5.41, 5.74) is 0. The van der Waals surface area contributed by atoms with Crippen LogP contribution in [-0.2, 0) is 4.74 Å². The highest BCUT2D eigenvalue weighted by Gasteiger charge is 2.30. The fourth-order valence-electron chi connectivity index (χ4n) is 4.00. The van der Waals surface area contributed by atoms with Gasteiger partial charge in [-0.2, -0.15) is 0 Å². The highest BCUT2D eigenvalue weighted by Crippen LogP contribution is 2.41. The van der Waals surface area contributed by atoms with E-state index in [1.807, 2.05) is 6.08 Å². The first-order chi connectivity index (χ1) is 8.83. The van der Waals surface area contributed by atoms with E-state index in [-0.39, 0.29) is 0 Å². The Labute approximate surface area is 113 Å². The van der Waals surface area contributed by atoms with Gasteiger partial charge in [-0.15, -0.1) is 6.58 Å². The van der Waals surface area contributed by atoms with E-state index < -0.39 is 0 Å². The molecule has 0 heterocycles. The molecule has 0 aromatic carbocycles. The molecule has 1 heteroatoms. The van der Waals surface area contributed by atoms with Gasteiger partial charge in [0.15, 0.2) is 0 Å². The van der Waals surface area contributed by atoms with E-state index in [4.69, 9.17) is 4.74 Å². The Morgan fingerprint density at radius 2 is 1.50 bits per heavy atom.